The van der Waals surface area contributed by atoms with Crippen LogP contribution >= 0.6 is 11.3 Å². The maximum atomic E-state index is 12.9. The number of aryl methyl sites for hydroxylation is 1. The van der Waals surface area contributed by atoms with E-state index in [0.717, 1.165) is 24.5 Å². The lowest BCUT2D eigenvalue weighted by atomic mass is 10.0. The SMILES string of the molecule is Cc1nc(C(=O)N2CCc3sccc3C2)nn1-c1ccccc1C(C)C. The second kappa shape index (κ2) is 6.68. The Morgan fingerprint density at radius 2 is 2.04 bits per heavy atom. The van der Waals surface area contributed by atoms with Gasteiger partial charge in [0.2, 0.25) is 5.82 Å². The van der Waals surface area contributed by atoms with Crippen molar-refractivity contribution in [2.24, 2.45) is 0 Å². The zero-order valence-corrected chi connectivity index (χ0v) is 16.1. The lowest BCUT2D eigenvalue weighted by Gasteiger charge is -2.25. The van der Waals surface area contributed by atoms with Crippen molar-refractivity contribution in [3.8, 4) is 5.69 Å². The number of thiophene rings is 1. The lowest BCUT2D eigenvalue weighted by Crippen LogP contribution is -2.36. The molecule has 0 atom stereocenters. The van der Waals surface area contributed by atoms with Gasteiger partial charge in [0.15, 0.2) is 0 Å². The molecule has 1 amide bonds. The Bertz CT molecular complexity index is 956. The molecule has 1 aliphatic heterocycles. The Balaban J connectivity index is 1.64. The van der Waals surface area contributed by atoms with E-state index in [0.29, 0.717) is 12.5 Å². The Morgan fingerprint density at radius 3 is 2.85 bits per heavy atom. The maximum absolute atomic E-state index is 12.9. The van der Waals surface area contributed by atoms with Gasteiger partial charge in [-0.25, -0.2) is 9.67 Å². The van der Waals surface area contributed by atoms with Gasteiger partial charge in [0, 0.05) is 18.0 Å². The Hall–Kier alpha value is -2.47. The summed E-state index contributed by atoms with van der Waals surface area (Å²) in [5, 5.41) is 6.65. The zero-order chi connectivity index (χ0) is 18.3. The third-order valence-electron chi connectivity index (χ3n) is 4.84. The number of carbonyl (C=O) groups is 1. The normalized spacial score (nSPS) is 13.9. The topological polar surface area (TPSA) is 51.0 Å². The summed E-state index contributed by atoms with van der Waals surface area (Å²) in [6.07, 6.45) is 0.911. The minimum absolute atomic E-state index is 0.0919. The highest BCUT2D eigenvalue weighted by Gasteiger charge is 2.26. The second-order valence-corrected chi connectivity index (χ2v) is 7.95. The van der Waals surface area contributed by atoms with E-state index in [4.69, 9.17) is 0 Å². The van der Waals surface area contributed by atoms with Crippen molar-refractivity contribution in [2.75, 3.05) is 6.54 Å². The standard InChI is InChI=1S/C20H22N4OS/c1-13(2)16-6-4-5-7-17(16)24-14(3)21-19(22-24)20(25)23-10-8-18-15(12-23)9-11-26-18/h4-7,9,11,13H,8,10,12H2,1-3H3. The van der Waals surface area contributed by atoms with E-state index >= 15 is 0 Å². The van der Waals surface area contributed by atoms with Gasteiger partial charge in [0.1, 0.15) is 5.82 Å². The first-order valence-corrected chi connectivity index (χ1v) is 9.80. The molecule has 0 saturated heterocycles. The summed E-state index contributed by atoms with van der Waals surface area (Å²) in [4.78, 5) is 20.6. The van der Waals surface area contributed by atoms with Gasteiger partial charge in [0.05, 0.1) is 5.69 Å². The van der Waals surface area contributed by atoms with Crippen molar-refractivity contribution >= 4 is 17.2 Å². The molecule has 0 unspecified atom stereocenters. The van der Waals surface area contributed by atoms with Gasteiger partial charge < -0.3 is 4.90 Å². The predicted octanol–water partition coefficient (Wildman–Crippen LogP) is 3.96. The number of aromatic nitrogens is 3. The van der Waals surface area contributed by atoms with Crippen molar-refractivity contribution in [3.05, 3.63) is 63.4 Å². The molecule has 4 rings (SSSR count). The number of rotatable bonds is 3. The molecule has 0 radical (unpaired) electrons. The molecule has 0 fully saturated rings. The highest BCUT2D eigenvalue weighted by Crippen LogP contribution is 2.26. The van der Waals surface area contributed by atoms with Crippen LogP contribution in [0.15, 0.2) is 35.7 Å². The number of amides is 1. The van der Waals surface area contributed by atoms with Gasteiger partial charge in [-0.2, -0.15) is 0 Å². The molecule has 1 aromatic carbocycles. The monoisotopic (exact) mass is 366 g/mol. The maximum Gasteiger partial charge on any atom is 0.293 e. The summed E-state index contributed by atoms with van der Waals surface area (Å²) >= 11 is 1.77. The molecule has 26 heavy (non-hydrogen) atoms. The molecule has 0 aliphatic carbocycles. The molecular formula is C20H22N4OS. The van der Waals surface area contributed by atoms with Gasteiger partial charge in [-0.3, -0.25) is 4.79 Å². The van der Waals surface area contributed by atoms with Crippen LogP contribution in [0.1, 0.15) is 52.2 Å². The van der Waals surface area contributed by atoms with Crippen LogP contribution in [-0.2, 0) is 13.0 Å². The smallest absolute Gasteiger partial charge is 0.293 e. The van der Waals surface area contributed by atoms with E-state index < -0.39 is 0 Å². The molecule has 1 aliphatic rings. The molecule has 2 aromatic heterocycles. The van der Waals surface area contributed by atoms with E-state index in [1.165, 1.54) is 16.0 Å². The summed E-state index contributed by atoms with van der Waals surface area (Å²) in [6.45, 7) is 7.58. The first-order chi connectivity index (χ1) is 12.5. The van der Waals surface area contributed by atoms with E-state index in [2.05, 4.69) is 41.4 Å². The van der Waals surface area contributed by atoms with Gasteiger partial charge in [-0.05, 0) is 47.9 Å². The van der Waals surface area contributed by atoms with Crippen molar-refractivity contribution in [1.29, 1.82) is 0 Å². The van der Waals surface area contributed by atoms with Gasteiger partial charge in [-0.1, -0.05) is 32.0 Å². The van der Waals surface area contributed by atoms with Gasteiger partial charge >= 0.3 is 0 Å². The Kier molecular flexibility index (Phi) is 4.36. The third kappa shape index (κ3) is 2.94. The summed E-state index contributed by atoms with van der Waals surface area (Å²) in [5.41, 5.74) is 3.43. The summed E-state index contributed by atoms with van der Waals surface area (Å²) in [5.74, 6) is 1.29. The molecule has 0 saturated carbocycles. The Morgan fingerprint density at radius 1 is 1.23 bits per heavy atom. The molecule has 3 heterocycles. The fourth-order valence-corrected chi connectivity index (χ4v) is 4.33. The molecule has 134 valence electrons. The quantitative estimate of drug-likeness (QED) is 0.705. The van der Waals surface area contributed by atoms with Crippen molar-refractivity contribution in [1.82, 2.24) is 19.7 Å². The van der Waals surface area contributed by atoms with E-state index in [1.807, 2.05) is 30.0 Å². The minimum atomic E-state index is -0.0919. The lowest BCUT2D eigenvalue weighted by molar-refractivity contribution is 0.0723. The average molecular weight is 366 g/mol. The number of benzene rings is 1. The fourth-order valence-electron chi connectivity index (χ4n) is 3.44. The second-order valence-electron chi connectivity index (χ2n) is 6.95. The number of nitrogens with zero attached hydrogens (tertiary/aromatic N) is 4. The first kappa shape index (κ1) is 17.0. The highest BCUT2D eigenvalue weighted by molar-refractivity contribution is 7.10. The number of hydrogen-bond acceptors (Lipinski definition) is 4. The largest absolute Gasteiger partial charge is 0.331 e. The van der Waals surface area contributed by atoms with E-state index in [1.54, 1.807) is 16.0 Å². The molecule has 3 aromatic rings. The minimum Gasteiger partial charge on any atom is -0.331 e. The third-order valence-corrected chi connectivity index (χ3v) is 5.87. The van der Waals surface area contributed by atoms with Crippen LogP contribution in [-0.4, -0.2) is 32.1 Å². The average Bonchev–Trinajstić information content (AvgIpc) is 3.26. The van der Waals surface area contributed by atoms with Crippen LogP contribution in [0.5, 0.6) is 0 Å². The summed E-state index contributed by atoms with van der Waals surface area (Å²) < 4.78 is 1.79. The van der Waals surface area contributed by atoms with Crippen LogP contribution in [0.3, 0.4) is 0 Å². The molecule has 0 bridgehead atoms. The van der Waals surface area contributed by atoms with Crippen molar-refractivity contribution in [2.45, 2.75) is 39.7 Å². The van der Waals surface area contributed by atoms with Crippen LogP contribution < -0.4 is 0 Å². The van der Waals surface area contributed by atoms with Crippen molar-refractivity contribution < 1.29 is 4.79 Å². The van der Waals surface area contributed by atoms with Crippen molar-refractivity contribution in [3.63, 3.8) is 0 Å². The highest BCUT2D eigenvalue weighted by atomic mass is 32.1. The van der Waals surface area contributed by atoms with Crippen LogP contribution in [0, 0.1) is 6.92 Å². The van der Waals surface area contributed by atoms with Gasteiger partial charge in [-0.15, -0.1) is 16.4 Å². The zero-order valence-electron chi connectivity index (χ0n) is 15.3. The Labute approximate surface area is 157 Å². The molecule has 6 heteroatoms. The number of fused-ring (bicyclic) bond motifs is 1. The van der Waals surface area contributed by atoms with Gasteiger partial charge in [0.25, 0.3) is 5.91 Å². The number of carbonyl (C=O) groups excluding carboxylic acids is 1. The first-order valence-electron chi connectivity index (χ1n) is 8.92. The molecule has 5 nitrogen and oxygen atoms in total. The molecular weight excluding hydrogens is 344 g/mol. The molecule has 0 N–H and O–H groups in total. The van der Waals surface area contributed by atoms with Crippen LogP contribution in [0.2, 0.25) is 0 Å². The van der Waals surface area contributed by atoms with E-state index in [-0.39, 0.29) is 11.7 Å². The summed E-state index contributed by atoms with van der Waals surface area (Å²) in [6, 6.07) is 10.3. The number of para-hydroxylation sites is 1. The molecule has 0 spiro atoms. The summed E-state index contributed by atoms with van der Waals surface area (Å²) in [7, 11) is 0. The predicted molar refractivity (Wildman–Crippen MR) is 103 cm³/mol. The van der Waals surface area contributed by atoms with Crippen LogP contribution in [0.4, 0.5) is 0 Å². The number of hydrogen-bond donors (Lipinski definition) is 0. The fraction of sp³-hybridized carbons (Fsp3) is 0.350. The van der Waals surface area contributed by atoms with E-state index in [9.17, 15) is 4.79 Å². The van der Waals surface area contributed by atoms with Crippen LogP contribution in [0.25, 0.3) is 5.69 Å².